The zero-order chi connectivity index (χ0) is 30.1. The molecular weight excluding hydrogens is 586 g/mol. The molecule has 5 aromatic heterocycles. The Morgan fingerprint density at radius 3 is 2.77 bits per heavy atom. The van der Waals surface area contributed by atoms with Crippen molar-refractivity contribution in [1.82, 2.24) is 54.6 Å². The number of thiazole rings is 1. The van der Waals surface area contributed by atoms with Crippen LogP contribution in [0, 0.1) is 0 Å². The normalized spacial score (nSPS) is 15.4. The molecule has 1 saturated heterocycles. The van der Waals surface area contributed by atoms with Crippen molar-refractivity contribution in [3.8, 4) is 11.6 Å². The average molecular weight is 613 g/mol. The van der Waals surface area contributed by atoms with Gasteiger partial charge in [0.25, 0.3) is 0 Å². The van der Waals surface area contributed by atoms with Crippen molar-refractivity contribution in [2.24, 2.45) is 0 Å². The molecule has 6 heterocycles. The number of hydrogen-bond acceptors (Lipinski definition) is 13. The summed E-state index contributed by atoms with van der Waals surface area (Å²) in [5.74, 6) is -0.882. The number of aromatic nitrogens is 9. The van der Waals surface area contributed by atoms with Gasteiger partial charge in [0, 0.05) is 51.0 Å². The fourth-order valence-corrected chi connectivity index (χ4v) is 5.53. The monoisotopic (exact) mass is 612 g/mol. The van der Waals surface area contributed by atoms with Gasteiger partial charge in [-0.15, -0.1) is 15.3 Å². The van der Waals surface area contributed by atoms with E-state index in [1.807, 2.05) is 4.90 Å². The number of aromatic amines is 1. The molecule has 0 saturated carbocycles. The molecule has 0 aromatic carbocycles. The highest BCUT2D eigenvalue weighted by atomic mass is 32.1. The molecule has 224 valence electrons. The van der Waals surface area contributed by atoms with Crippen molar-refractivity contribution >= 4 is 33.3 Å². The highest BCUT2D eigenvalue weighted by molar-refractivity contribution is 7.17. The van der Waals surface area contributed by atoms with Gasteiger partial charge in [0.05, 0.1) is 6.26 Å². The summed E-state index contributed by atoms with van der Waals surface area (Å²) in [4.78, 5) is 25.7. The molecule has 3 N–H and O–H groups in total. The lowest BCUT2D eigenvalue weighted by atomic mass is 10.2. The molecule has 0 atom stereocenters. The van der Waals surface area contributed by atoms with E-state index in [9.17, 15) is 13.6 Å². The molecule has 1 aliphatic heterocycles. The van der Waals surface area contributed by atoms with Crippen LogP contribution in [0.1, 0.15) is 12.7 Å². The first-order valence-corrected chi connectivity index (χ1v) is 13.9. The number of allylic oxidation sites excluding steroid dienone is 4. The van der Waals surface area contributed by atoms with Gasteiger partial charge in [0.1, 0.15) is 16.3 Å². The molecule has 0 unspecified atom stereocenters. The number of halogens is 2. The molecule has 0 spiro atoms. The number of anilines is 1. The summed E-state index contributed by atoms with van der Waals surface area (Å²) in [6.07, 6.45) is 2.27. The highest BCUT2D eigenvalue weighted by Crippen LogP contribution is 2.26. The number of piperazine rings is 1. The molecule has 0 aliphatic carbocycles. The lowest BCUT2D eigenvalue weighted by Crippen LogP contribution is -2.46. The number of hydrogen-bond donors (Lipinski definition) is 2. The number of nitrogen functional groups attached to an aromatic ring is 1. The predicted molar refractivity (Wildman–Crippen MR) is 152 cm³/mol. The fourth-order valence-electron chi connectivity index (χ4n) is 4.60. The van der Waals surface area contributed by atoms with E-state index in [1.165, 1.54) is 10.8 Å². The van der Waals surface area contributed by atoms with Gasteiger partial charge in [-0.3, -0.25) is 14.3 Å². The molecule has 5 aromatic rings. The number of tetrazole rings is 1. The summed E-state index contributed by atoms with van der Waals surface area (Å²) in [6, 6.07) is 3.46. The Morgan fingerprint density at radius 1 is 1.23 bits per heavy atom. The summed E-state index contributed by atoms with van der Waals surface area (Å²) < 4.78 is 43.4. The van der Waals surface area contributed by atoms with Crippen LogP contribution in [-0.2, 0) is 17.9 Å². The van der Waals surface area contributed by atoms with Crippen LogP contribution in [0.5, 0.6) is 0 Å². The van der Waals surface area contributed by atoms with E-state index in [1.54, 1.807) is 23.6 Å². The lowest BCUT2D eigenvalue weighted by Gasteiger charge is -2.36. The van der Waals surface area contributed by atoms with Gasteiger partial charge in [-0.2, -0.15) is 14.7 Å². The SMILES string of the molecule is C=C(OCc1nn[nH]n1)/C(F)=C\C(F)=C(/C)N1CCN(CCn2c(=O)sc3c2nc(N)n2nc(-c4ccco4)nc32)CC1. The van der Waals surface area contributed by atoms with E-state index in [0.717, 1.165) is 17.4 Å². The van der Waals surface area contributed by atoms with Crippen molar-refractivity contribution in [1.29, 1.82) is 0 Å². The van der Waals surface area contributed by atoms with Crippen molar-refractivity contribution in [2.75, 3.05) is 38.5 Å². The summed E-state index contributed by atoms with van der Waals surface area (Å²) in [7, 11) is 0. The van der Waals surface area contributed by atoms with Crippen LogP contribution in [0.3, 0.4) is 0 Å². The molecule has 0 bridgehead atoms. The molecule has 18 heteroatoms. The maximum Gasteiger partial charge on any atom is 0.309 e. The van der Waals surface area contributed by atoms with Crippen molar-refractivity contribution < 1.29 is 17.9 Å². The fraction of sp³-hybridized carbons (Fsp3) is 0.320. The summed E-state index contributed by atoms with van der Waals surface area (Å²) in [6.45, 7) is 8.12. The molecule has 0 amide bonds. The second kappa shape index (κ2) is 11.7. The smallest absolute Gasteiger partial charge is 0.309 e. The van der Waals surface area contributed by atoms with Crippen LogP contribution in [0.25, 0.3) is 27.6 Å². The number of ether oxygens (including phenoxy) is 1. The Bertz CT molecular complexity index is 1880. The Hall–Kier alpha value is -4.97. The van der Waals surface area contributed by atoms with Crippen LogP contribution in [0.4, 0.5) is 14.7 Å². The molecule has 1 fully saturated rings. The number of rotatable bonds is 10. The Morgan fingerprint density at radius 2 is 2.05 bits per heavy atom. The minimum atomic E-state index is -0.942. The van der Waals surface area contributed by atoms with Crippen LogP contribution >= 0.6 is 11.3 Å². The standard InChI is InChI=1S/C25H26F2N12O3S/c1-14(16(26)12-17(27)15(2)42-13-19-31-34-35-32-19)37-8-5-36(6-9-37)7-10-38-22-20(43-25(38)40)23-29-21(18-4-3-11-41-18)33-39(23)24(28)30-22/h3-4,11-12H,2,5-10,13H2,1H3,(H2,28,30)(H,31,32,34,35)/b16-14-,17-12+. The van der Waals surface area contributed by atoms with Crippen LogP contribution in [0.15, 0.2) is 63.4 Å². The maximum atomic E-state index is 14.9. The maximum absolute atomic E-state index is 14.9. The summed E-state index contributed by atoms with van der Waals surface area (Å²) in [5.41, 5.74) is 7.33. The molecular formula is C25H26F2N12O3S. The van der Waals surface area contributed by atoms with E-state index < -0.39 is 11.7 Å². The lowest BCUT2D eigenvalue weighted by molar-refractivity contribution is 0.152. The first-order valence-electron chi connectivity index (χ1n) is 13.1. The van der Waals surface area contributed by atoms with E-state index in [4.69, 9.17) is 14.9 Å². The molecule has 43 heavy (non-hydrogen) atoms. The van der Waals surface area contributed by atoms with Crippen molar-refractivity contribution in [2.45, 2.75) is 20.1 Å². The topological polar surface area (TPSA) is 174 Å². The van der Waals surface area contributed by atoms with E-state index in [-0.39, 0.29) is 29.0 Å². The second-order valence-electron chi connectivity index (χ2n) is 9.58. The van der Waals surface area contributed by atoms with Crippen LogP contribution < -0.4 is 10.6 Å². The largest absolute Gasteiger partial charge is 0.483 e. The number of nitrogens with two attached hydrogens (primary N) is 1. The third-order valence-corrected chi connectivity index (χ3v) is 7.94. The minimum absolute atomic E-state index is 0.102. The quantitative estimate of drug-likeness (QED) is 0.174. The third kappa shape index (κ3) is 5.73. The van der Waals surface area contributed by atoms with Gasteiger partial charge >= 0.3 is 4.87 Å². The van der Waals surface area contributed by atoms with Crippen molar-refractivity contribution in [3.63, 3.8) is 0 Å². The van der Waals surface area contributed by atoms with Gasteiger partial charge in [-0.1, -0.05) is 23.1 Å². The Balaban J connectivity index is 1.08. The number of furan rings is 1. The first-order chi connectivity index (χ1) is 20.8. The third-order valence-electron chi connectivity index (χ3n) is 6.97. The van der Waals surface area contributed by atoms with Crippen molar-refractivity contribution in [3.05, 3.63) is 69.7 Å². The zero-order valence-corrected chi connectivity index (χ0v) is 23.7. The molecule has 6 rings (SSSR count). The zero-order valence-electron chi connectivity index (χ0n) is 22.9. The van der Waals surface area contributed by atoms with Gasteiger partial charge in [0.2, 0.25) is 17.6 Å². The van der Waals surface area contributed by atoms with Gasteiger partial charge in [-0.05, 0) is 19.1 Å². The van der Waals surface area contributed by atoms with E-state index >= 15 is 0 Å². The molecule has 0 radical (unpaired) electrons. The van der Waals surface area contributed by atoms with Gasteiger partial charge < -0.3 is 19.8 Å². The molecule has 1 aliphatic rings. The van der Waals surface area contributed by atoms with Gasteiger partial charge in [0.15, 0.2) is 29.5 Å². The number of nitrogens with one attached hydrogen (secondary N) is 1. The summed E-state index contributed by atoms with van der Waals surface area (Å²) in [5, 5.41) is 17.4. The number of nitrogens with zero attached hydrogens (tertiary/aromatic N) is 10. The molecule has 15 nitrogen and oxygen atoms in total. The summed E-state index contributed by atoms with van der Waals surface area (Å²) >= 11 is 1.03. The average Bonchev–Trinajstić information content (AvgIpc) is 3.82. The predicted octanol–water partition coefficient (Wildman–Crippen LogP) is 2.26. The van der Waals surface area contributed by atoms with Gasteiger partial charge in [-0.25, -0.2) is 13.8 Å². The van der Waals surface area contributed by atoms with Crippen LogP contribution in [-0.4, -0.2) is 87.3 Å². The van der Waals surface area contributed by atoms with E-state index in [0.29, 0.717) is 72.5 Å². The minimum Gasteiger partial charge on any atom is -0.483 e. The number of fused-ring (bicyclic) bond motifs is 3. The number of H-pyrrole nitrogens is 1. The Labute approximate surface area is 245 Å². The Kier molecular flexibility index (Phi) is 7.68. The second-order valence-corrected chi connectivity index (χ2v) is 10.5. The van der Waals surface area contributed by atoms with Crippen LogP contribution in [0.2, 0.25) is 0 Å². The first kappa shape index (κ1) is 28.2. The van der Waals surface area contributed by atoms with E-state index in [2.05, 4.69) is 47.2 Å². The highest BCUT2D eigenvalue weighted by Gasteiger charge is 2.22.